The Bertz CT molecular complexity index is 699. The van der Waals surface area contributed by atoms with Gasteiger partial charge < -0.3 is 10.2 Å². The summed E-state index contributed by atoms with van der Waals surface area (Å²) in [5.74, 6) is 0.876. The van der Waals surface area contributed by atoms with Gasteiger partial charge in [-0.05, 0) is 54.3 Å². The van der Waals surface area contributed by atoms with Crippen LogP contribution in [0.4, 0.5) is 5.82 Å². The van der Waals surface area contributed by atoms with Crippen molar-refractivity contribution in [3.05, 3.63) is 60.1 Å². The Morgan fingerprint density at radius 3 is 2.91 bits per heavy atom. The van der Waals surface area contributed by atoms with Gasteiger partial charge in [0.05, 0.1) is 6.04 Å². The second kappa shape index (κ2) is 7.05. The van der Waals surface area contributed by atoms with Crippen molar-refractivity contribution < 1.29 is 4.79 Å². The topological polar surface area (TPSA) is 58.1 Å². The molecule has 0 radical (unpaired) electrons. The van der Waals surface area contributed by atoms with Crippen molar-refractivity contribution in [3.8, 4) is 0 Å². The summed E-state index contributed by atoms with van der Waals surface area (Å²) >= 11 is 0. The highest BCUT2D eigenvalue weighted by molar-refractivity contribution is 5.92. The van der Waals surface area contributed by atoms with Crippen LogP contribution in [0.1, 0.15) is 30.0 Å². The molecule has 1 aliphatic rings. The van der Waals surface area contributed by atoms with E-state index in [-0.39, 0.29) is 11.9 Å². The van der Waals surface area contributed by atoms with E-state index in [0.717, 1.165) is 36.3 Å². The third-order valence-corrected chi connectivity index (χ3v) is 4.09. The highest BCUT2D eigenvalue weighted by atomic mass is 16.2. The van der Waals surface area contributed by atoms with Crippen LogP contribution >= 0.6 is 0 Å². The number of hydrogen-bond acceptors (Lipinski definition) is 4. The molecule has 1 fully saturated rings. The molecule has 1 atom stereocenters. The minimum absolute atomic E-state index is 0.0483. The summed E-state index contributed by atoms with van der Waals surface area (Å²) in [6.07, 6.45) is 10.7. The first-order chi connectivity index (χ1) is 11.3. The predicted octanol–water partition coefficient (Wildman–Crippen LogP) is 2.90. The van der Waals surface area contributed by atoms with Crippen molar-refractivity contribution in [1.29, 1.82) is 0 Å². The monoisotopic (exact) mass is 308 g/mol. The van der Waals surface area contributed by atoms with Gasteiger partial charge in [-0.25, -0.2) is 4.98 Å². The van der Waals surface area contributed by atoms with E-state index in [4.69, 9.17) is 0 Å². The van der Waals surface area contributed by atoms with Gasteiger partial charge in [-0.1, -0.05) is 0 Å². The molecule has 0 saturated carbocycles. The fraction of sp³-hybridized carbons (Fsp3) is 0.278. The van der Waals surface area contributed by atoms with Gasteiger partial charge in [-0.3, -0.25) is 9.78 Å². The minimum Gasteiger partial charge on any atom is -0.373 e. The highest BCUT2D eigenvalue weighted by Crippen LogP contribution is 2.32. The number of nitrogens with zero attached hydrogens (tertiary/aromatic N) is 3. The molecule has 23 heavy (non-hydrogen) atoms. The van der Waals surface area contributed by atoms with Crippen molar-refractivity contribution in [3.63, 3.8) is 0 Å². The molecule has 1 saturated heterocycles. The van der Waals surface area contributed by atoms with E-state index in [1.165, 1.54) is 0 Å². The molecule has 3 rings (SSSR count). The van der Waals surface area contributed by atoms with Gasteiger partial charge in [0, 0.05) is 38.3 Å². The lowest BCUT2D eigenvalue weighted by Crippen LogP contribution is -2.28. The Kier molecular flexibility index (Phi) is 4.66. The van der Waals surface area contributed by atoms with Crippen LogP contribution in [0, 0.1) is 0 Å². The van der Waals surface area contributed by atoms with E-state index in [2.05, 4.69) is 15.3 Å². The van der Waals surface area contributed by atoms with Gasteiger partial charge >= 0.3 is 0 Å². The number of amides is 1. The third kappa shape index (κ3) is 3.56. The number of pyridine rings is 2. The van der Waals surface area contributed by atoms with E-state index < -0.39 is 0 Å². The molecule has 1 amide bonds. The van der Waals surface area contributed by atoms with Crippen molar-refractivity contribution in [2.24, 2.45) is 0 Å². The van der Waals surface area contributed by atoms with Crippen LogP contribution in [0.5, 0.6) is 0 Å². The summed E-state index contributed by atoms with van der Waals surface area (Å²) < 4.78 is 0. The second-order valence-electron chi connectivity index (χ2n) is 5.53. The van der Waals surface area contributed by atoms with Gasteiger partial charge in [0.25, 0.3) is 0 Å². The summed E-state index contributed by atoms with van der Waals surface area (Å²) in [5, 5.41) is 3.05. The largest absolute Gasteiger partial charge is 0.373 e. The van der Waals surface area contributed by atoms with Gasteiger partial charge in [0.15, 0.2) is 0 Å². The Hall–Kier alpha value is -2.69. The summed E-state index contributed by atoms with van der Waals surface area (Å²) in [6, 6.07) is 7.90. The number of likely N-dealkylation sites (tertiary alicyclic amines) is 1. The maximum absolute atomic E-state index is 12.5. The zero-order valence-electron chi connectivity index (χ0n) is 13.1. The second-order valence-corrected chi connectivity index (χ2v) is 5.53. The number of aromatic nitrogens is 2. The molecular weight excluding hydrogens is 288 g/mol. The molecule has 1 aliphatic heterocycles. The number of anilines is 1. The average Bonchev–Trinajstić information content (AvgIpc) is 3.10. The maximum atomic E-state index is 12.5. The SMILES string of the molecule is CNc1cc([C@@H]2CCCN2C(=O)/C=C/c2ccncc2)ccn1. The molecule has 0 aliphatic carbocycles. The fourth-order valence-corrected chi connectivity index (χ4v) is 2.91. The van der Waals surface area contributed by atoms with E-state index in [9.17, 15) is 4.79 Å². The number of hydrogen-bond donors (Lipinski definition) is 1. The lowest BCUT2D eigenvalue weighted by molar-refractivity contribution is -0.126. The normalized spacial score (nSPS) is 17.6. The van der Waals surface area contributed by atoms with Gasteiger partial charge in [-0.15, -0.1) is 0 Å². The zero-order chi connectivity index (χ0) is 16.1. The molecule has 2 aromatic heterocycles. The van der Waals surface area contributed by atoms with Crippen LogP contribution in [0.25, 0.3) is 6.08 Å². The molecule has 0 unspecified atom stereocenters. The minimum atomic E-state index is 0.0483. The third-order valence-electron chi connectivity index (χ3n) is 4.09. The van der Waals surface area contributed by atoms with Crippen molar-refractivity contribution in [2.75, 3.05) is 18.9 Å². The first kappa shape index (κ1) is 15.2. The first-order valence-corrected chi connectivity index (χ1v) is 7.80. The van der Waals surface area contributed by atoms with E-state index >= 15 is 0 Å². The van der Waals surface area contributed by atoms with Gasteiger partial charge in [0.2, 0.25) is 5.91 Å². The molecule has 118 valence electrons. The summed E-state index contributed by atoms with van der Waals surface area (Å²) in [5.41, 5.74) is 2.11. The average molecular weight is 308 g/mol. The quantitative estimate of drug-likeness (QED) is 0.882. The number of nitrogens with one attached hydrogen (secondary N) is 1. The van der Waals surface area contributed by atoms with Crippen LogP contribution in [-0.4, -0.2) is 34.4 Å². The zero-order valence-corrected chi connectivity index (χ0v) is 13.1. The van der Waals surface area contributed by atoms with Crippen LogP contribution in [0.3, 0.4) is 0 Å². The Morgan fingerprint density at radius 1 is 1.30 bits per heavy atom. The molecule has 2 aromatic rings. The Labute approximate surface area is 136 Å². The summed E-state index contributed by atoms with van der Waals surface area (Å²) in [7, 11) is 1.85. The van der Waals surface area contributed by atoms with Crippen molar-refractivity contribution in [1.82, 2.24) is 14.9 Å². The van der Waals surface area contributed by atoms with Crippen LogP contribution in [0.15, 0.2) is 48.9 Å². The molecule has 3 heterocycles. The molecule has 5 heteroatoms. The molecule has 0 aromatic carbocycles. The van der Waals surface area contributed by atoms with E-state index in [1.807, 2.05) is 42.3 Å². The van der Waals surface area contributed by atoms with Gasteiger partial charge in [0.1, 0.15) is 5.82 Å². The molecule has 5 nitrogen and oxygen atoms in total. The fourth-order valence-electron chi connectivity index (χ4n) is 2.91. The molecule has 1 N–H and O–H groups in total. The van der Waals surface area contributed by atoms with Gasteiger partial charge in [-0.2, -0.15) is 0 Å². The standard InChI is InChI=1S/C18H20N4O/c1-19-17-13-15(8-11-21-17)16-3-2-12-22(16)18(23)5-4-14-6-9-20-10-7-14/h4-11,13,16H,2-3,12H2,1H3,(H,19,21)/b5-4+/t16-/m0/s1. The van der Waals surface area contributed by atoms with Crippen molar-refractivity contribution >= 4 is 17.8 Å². The van der Waals surface area contributed by atoms with Crippen LogP contribution < -0.4 is 5.32 Å². The Morgan fingerprint density at radius 2 is 2.13 bits per heavy atom. The lowest BCUT2D eigenvalue weighted by atomic mass is 10.1. The van der Waals surface area contributed by atoms with Crippen LogP contribution in [0.2, 0.25) is 0 Å². The highest BCUT2D eigenvalue weighted by Gasteiger charge is 2.28. The van der Waals surface area contributed by atoms with Crippen LogP contribution in [-0.2, 0) is 4.79 Å². The molecule has 0 bridgehead atoms. The van der Waals surface area contributed by atoms with Crippen molar-refractivity contribution in [2.45, 2.75) is 18.9 Å². The van der Waals surface area contributed by atoms with E-state index in [1.54, 1.807) is 24.7 Å². The Balaban J connectivity index is 1.75. The molecular formula is C18H20N4O. The van der Waals surface area contributed by atoms with E-state index in [0.29, 0.717) is 0 Å². The lowest BCUT2D eigenvalue weighted by Gasteiger charge is -2.24. The molecule has 0 spiro atoms. The number of rotatable bonds is 4. The summed E-state index contributed by atoms with van der Waals surface area (Å²) in [4.78, 5) is 22.7. The number of carbonyl (C=O) groups excluding carboxylic acids is 1. The summed E-state index contributed by atoms with van der Waals surface area (Å²) in [6.45, 7) is 0.793. The maximum Gasteiger partial charge on any atom is 0.247 e. The first-order valence-electron chi connectivity index (χ1n) is 7.80. The number of carbonyl (C=O) groups is 1. The predicted molar refractivity (Wildman–Crippen MR) is 90.7 cm³/mol. The smallest absolute Gasteiger partial charge is 0.247 e.